The lowest BCUT2D eigenvalue weighted by molar-refractivity contribution is -0.126. The Labute approximate surface area is 92.4 Å². The van der Waals surface area contributed by atoms with Crippen molar-refractivity contribution < 1.29 is 13.9 Å². The minimum atomic E-state index is -0.965. The fourth-order valence-electron chi connectivity index (χ4n) is 1.96. The van der Waals surface area contributed by atoms with E-state index in [0.29, 0.717) is 5.75 Å². The third-order valence-corrected chi connectivity index (χ3v) is 2.90. The van der Waals surface area contributed by atoms with Gasteiger partial charge in [-0.05, 0) is 6.07 Å². The predicted octanol–water partition coefficient (Wildman–Crippen LogP) is 1.96. The first kappa shape index (κ1) is 10.6. The van der Waals surface area contributed by atoms with E-state index in [1.54, 1.807) is 6.07 Å². The molecule has 0 N–H and O–H groups in total. The first-order valence-corrected chi connectivity index (χ1v) is 4.88. The number of nitrogens with zero attached hydrogens (tertiary/aromatic N) is 1. The Bertz CT molecular complexity index is 482. The van der Waals surface area contributed by atoms with Gasteiger partial charge in [-0.15, -0.1) is 0 Å². The van der Waals surface area contributed by atoms with Gasteiger partial charge >= 0.3 is 0 Å². The Morgan fingerprint density at radius 2 is 2.19 bits per heavy atom. The fourth-order valence-corrected chi connectivity index (χ4v) is 1.96. The largest absolute Gasteiger partial charge is 0.497 e. The van der Waals surface area contributed by atoms with Crippen molar-refractivity contribution >= 4 is 5.78 Å². The second kappa shape index (κ2) is 3.60. The highest BCUT2D eigenvalue weighted by Gasteiger charge is 2.47. The molecule has 0 amide bonds. The molecule has 1 aromatic carbocycles. The molecule has 82 valence electrons. The summed E-state index contributed by atoms with van der Waals surface area (Å²) in [5.74, 6) is -0.0924. The van der Waals surface area contributed by atoms with Gasteiger partial charge in [0.25, 0.3) is 0 Å². The number of benzene rings is 1. The van der Waals surface area contributed by atoms with Crippen LogP contribution < -0.4 is 4.74 Å². The van der Waals surface area contributed by atoms with Gasteiger partial charge < -0.3 is 4.74 Å². The molecule has 2 rings (SSSR count). The van der Waals surface area contributed by atoms with Crippen LogP contribution in [-0.2, 0) is 10.2 Å². The number of halogens is 1. The molecule has 1 fully saturated rings. The molecule has 4 heteroatoms. The molecule has 0 atom stereocenters. The van der Waals surface area contributed by atoms with Crippen LogP contribution >= 0.6 is 0 Å². The first-order valence-electron chi connectivity index (χ1n) is 4.88. The number of carbonyl (C=O) groups is 1. The number of hydrogen-bond acceptors (Lipinski definition) is 3. The normalized spacial score (nSPS) is 17.4. The molecule has 1 aromatic rings. The molecule has 3 nitrogen and oxygen atoms in total. The van der Waals surface area contributed by atoms with Gasteiger partial charge in [-0.1, -0.05) is 6.07 Å². The van der Waals surface area contributed by atoms with Gasteiger partial charge in [-0.3, -0.25) is 4.79 Å². The molecular formula is C12H10FNO2. The van der Waals surface area contributed by atoms with Crippen molar-refractivity contribution in [3.05, 3.63) is 29.6 Å². The number of ketones is 1. The highest BCUT2D eigenvalue weighted by atomic mass is 19.1. The molecule has 0 saturated heterocycles. The van der Waals surface area contributed by atoms with Crippen LogP contribution in [0.25, 0.3) is 0 Å². The van der Waals surface area contributed by atoms with E-state index in [1.165, 1.54) is 19.2 Å². The Kier molecular flexibility index (Phi) is 2.39. The summed E-state index contributed by atoms with van der Waals surface area (Å²) in [6.45, 7) is 0. The van der Waals surface area contributed by atoms with E-state index in [4.69, 9.17) is 10.00 Å². The van der Waals surface area contributed by atoms with Crippen LogP contribution in [0.5, 0.6) is 5.75 Å². The maximum atomic E-state index is 13.7. The Morgan fingerprint density at radius 3 is 2.62 bits per heavy atom. The lowest BCUT2D eigenvalue weighted by Gasteiger charge is -2.34. The number of rotatable bonds is 2. The number of nitriles is 1. The van der Waals surface area contributed by atoms with Crippen molar-refractivity contribution in [2.75, 3.05) is 7.11 Å². The van der Waals surface area contributed by atoms with Gasteiger partial charge in [0.2, 0.25) is 0 Å². The van der Waals surface area contributed by atoms with Crippen LogP contribution in [0.2, 0.25) is 0 Å². The van der Waals surface area contributed by atoms with E-state index in [-0.39, 0.29) is 24.2 Å². The smallest absolute Gasteiger partial charge is 0.136 e. The summed E-state index contributed by atoms with van der Waals surface area (Å²) in [4.78, 5) is 11.0. The van der Waals surface area contributed by atoms with Crippen LogP contribution in [0.3, 0.4) is 0 Å². The van der Waals surface area contributed by atoms with Crippen LogP contribution in [0.4, 0.5) is 4.39 Å². The molecule has 0 bridgehead atoms. The SMILES string of the molecule is COc1ccc(C2(C#N)CC(=O)C2)c(F)c1. The molecule has 0 radical (unpaired) electrons. The average molecular weight is 219 g/mol. The number of Topliss-reactive ketones (excluding diaryl/α,β-unsaturated/α-hetero) is 1. The van der Waals surface area contributed by atoms with Gasteiger partial charge in [0.05, 0.1) is 18.6 Å². The van der Waals surface area contributed by atoms with Gasteiger partial charge in [-0.2, -0.15) is 5.26 Å². The molecule has 1 aliphatic carbocycles. The van der Waals surface area contributed by atoms with Crippen molar-refractivity contribution in [2.45, 2.75) is 18.3 Å². The van der Waals surface area contributed by atoms with Crippen molar-refractivity contribution in [3.8, 4) is 11.8 Å². The number of methoxy groups -OCH3 is 1. The maximum Gasteiger partial charge on any atom is 0.136 e. The maximum absolute atomic E-state index is 13.7. The van der Waals surface area contributed by atoms with Crippen LogP contribution in [-0.4, -0.2) is 12.9 Å². The molecule has 0 aliphatic heterocycles. The molecule has 16 heavy (non-hydrogen) atoms. The molecule has 1 saturated carbocycles. The summed E-state index contributed by atoms with van der Waals surface area (Å²) in [7, 11) is 1.45. The van der Waals surface area contributed by atoms with Crippen molar-refractivity contribution in [1.82, 2.24) is 0 Å². The summed E-state index contributed by atoms with van der Waals surface area (Å²) in [6, 6.07) is 6.39. The standard InChI is InChI=1S/C12H10FNO2/c1-16-9-2-3-10(11(13)4-9)12(7-14)5-8(15)6-12/h2-4H,5-6H2,1H3. The zero-order chi connectivity index (χ0) is 11.8. The number of ether oxygens (including phenoxy) is 1. The quantitative estimate of drug-likeness (QED) is 0.763. The summed E-state index contributed by atoms with van der Waals surface area (Å²) >= 11 is 0. The minimum absolute atomic E-state index is 0.00299. The zero-order valence-corrected chi connectivity index (χ0v) is 8.79. The lowest BCUT2D eigenvalue weighted by Crippen LogP contribution is -2.41. The molecule has 0 spiro atoms. The van der Waals surface area contributed by atoms with Gasteiger partial charge in [-0.25, -0.2) is 4.39 Å². The van der Waals surface area contributed by atoms with Crippen molar-refractivity contribution in [1.29, 1.82) is 5.26 Å². The topological polar surface area (TPSA) is 50.1 Å². The molecule has 0 unspecified atom stereocenters. The highest BCUT2D eigenvalue weighted by Crippen LogP contribution is 2.42. The molecular weight excluding hydrogens is 209 g/mol. The Morgan fingerprint density at radius 1 is 1.50 bits per heavy atom. The fraction of sp³-hybridized carbons (Fsp3) is 0.333. The highest BCUT2D eigenvalue weighted by molar-refractivity contribution is 5.90. The van der Waals surface area contributed by atoms with Crippen molar-refractivity contribution in [2.24, 2.45) is 0 Å². The van der Waals surface area contributed by atoms with E-state index in [9.17, 15) is 9.18 Å². The zero-order valence-electron chi connectivity index (χ0n) is 8.79. The molecule has 1 aliphatic rings. The monoisotopic (exact) mass is 219 g/mol. The summed E-state index contributed by atoms with van der Waals surface area (Å²) < 4.78 is 18.6. The second-order valence-electron chi connectivity index (χ2n) is 3.93. The summed E-state index contributed by atoms with van der Waals surface area (Å²) in [5, 5.41) is 9.06. The predicted molar refractivity (Wildman–Crippen MR) is 54.5 cm³/mol. The lowest BCUT2D eigenvalue weighted by atomic mass is 9.64. The van der Waals surface area contributed by atoms with Crippen LogP contribution in [0, 0.1) is 17.1 Å². The van der Waals surface area contributed by atoms with Crippen molar-refractivity contribution in [3.63, 3.8) is 0 Å². The Balaban J connectivity index is 2.41. The third-order valence-electron chi connectivity index (χ3n) is 2.90. The van der Waals surface area contributed by atoms with Gasteiger partial charge in [0.1, 0.15) is 17.3 Å². The Hall–Kier alpha value is -1.89. The molecule has 0 aromatic heterocycles. The van der Waals surface area contributed by atoms with Gasteiger partial charge in [0.15, 0.2) is 0 Å². The van der Waals surface area contributed by atoms with E-state index in [1.807, 2.05) is 6.07 Å². The van der Waals surface area contributed by atoms with E-state index < -0.39 is 11.2 Å². The van der Waals surface area contributed by atoms with Crippen LogP contribution in [0.15, 0.2) is 18.2 Å². The second-order valence-corrected chi connectivity index (χ2v) is 3.93. The van der Waals surface area contributed by atoms with Gasteiger partial charge in [0, 0.05) is 24.5 Å². The minimum Gasteiger partial charge on any atom is -0.497 e. The summed E-state index contributed by atoms with van der Waals surface area (Å²) in [5.41, 5.74) is -0.677. The number of carbonyl (C=O) groups excluding carboxylic acids is 1. The van der Waals surface area contributed by atoms with Crippen LogP contribution in [0.1, 0.15) is 18.4 Å². The summed E-state index contributed by atoms with van der Waals surface area (Å²) in [6.07, 6.45) is 0.208. The average Bonchev–Trinajstić information content (AvgIpc) is 2.24. The first-order chi connectivity index (χ1) is 7.61. The third kappa shape index (κ3) is 1.45. The van der Waals surface area contributed by atoms with E-state index in [0.717, 1.165) is 0 Å². The molecule has 0 heterocycles. The van der Waals surface area contributed by atoms with E-state index >= 15 is 0 Å². The number of hydrogen-bond donors (Lipinski definition) is 0. The van der Waals surface area contributed by atoms with E-state index in [2.05, 4.69) is 0 Å².